The van der Waals surface area contributed by atoms with Gasteiger partial charge in [0.05, 0.1) is 6.26 Å². The summed E-state index contributed by atoms with van der Waals surface area (Å²) in [6, 6.07) is 11.4. The van der Waals surface area contributed by atoms with E-state index in [0.717, 1.165) is 5.56 Å². The number of carbonyl (C=O) groups is 1. The van der Waals surface area contributed by atoms with Gasteiger partial charge in [-0.05, 0) is 30.7 Å². The van der Waals surface area contributed by atoms with E-state index in [2.05, 4.69) is 0 Å². The summed E-state index contributed by atoms with van der Waals surface area (Å²) in [7, 11) is 0. The molecule has 0 amide bonds. The van der Waals surface area contributed by atoms with Crippen LogP contribution in [0.4, 0.5) is 0 Å². The van der Waals surface area contributed by atoms with Crippen LogP contribution in [-0.4, -0.2) is 5.97 Å². The number of esters is 1. The molecule has 1 heterocycles. The van der Waals surface area contributed by atoms with E-state index in [4.69, 9.17) is 9.15 Å². The van der Waals surface area contributed by atoms with E-state index in [-0.39, 0.29) is 12.6 Å². The molecule has 92 valence electrons. The summed E-state index contributed by atoms with van der Waals surface area (Å²) in [6.07, 6.45) is 4.68. The highest BCUT2D eigenvalue weighted by Crippen LogP contribution is 2.06. The zero-order valence-electron chi connectivity index (χ0n) is 10.1. The molecular weight excluding hydrogens is 228 g/mol. The molecule has 1 aromatic carbocycles. The molecule has 0 unspecified atom stereocenters. The van der Waals surface area contributed by atoms with Crippen LogP contribution >= 0.6 is 0 Å². The molecule has 0 N–H and O–H groups in total. The van der Waals surface area contributed by atoms with Crippen LogP contribution in [0.15, 0.2) is 53.2 Å². The van der Waals surface area contributed by atoms with Gasteiger partial charge in [0.1, 0.15) is 12.4 Å². The Morgan fingerprint density at radius 1 is 1.28 bits per heavy atom. The second kappa shape index (κ2) is 5.87. The topological polar surface area (TPSA) is 39.4 Å². The molecule has 0 saturated carbocycles. The Kier molecular flexibility index (Phi) is 3.97. The first-order valence-corrected chi connectivity index (χ1v) is 5.68. The van der Waals surface area contributed by atoms with Gasteiger partial charge in [0.25, 0.3) is 0 Å². The maximum Gasteiger partial charge on any atom is 0.331 e. The number of hydrogen-bond acceptors (Lipinski definition) is 3. The van der Waals surface area contributed by atoms with Crippen molar-refractivity contribution in [1.82, 2.24) is 0 Å². The molecule has 0 fully saturated rings. The van der Waals surface area contributed by atoms with E-state index < -0.39 is 0 Å². The Morgan fingerprint density at radius 2 is 2.06 bits per heavy atom. The Labute approximate surface area is 106 Å². The molecule has 1 aromatic heterocycles. The minimum Gasteiger partial charge on any atom is -0.466 e. The Hall–Kier alpha value is -2.29. The highest BCUT2D eigenvalue weighted by molar-refractivity contribution is 5.86. The lowest BCUT2D eigenvalue weighted by atomic mass is 10.1. The molecule has 0 bridgehead atoms. The third kappa shape index (κ3) is 3.63. The third-order valence-electron chi connectivity index (χ3n) is 2.43. The predicted molar refractivity (Wildman–Crippen MR) is 68.7 cm³/mol. The second-order valence-electron chi connectivity index (χ2n) is 3.93. The standard InChI is InChI=1S/C15H14O3/c1-12-4-6-13(7-5-12)8-9-15(16)18-11-14-3-2-10-17-14/h2-10H,11H2,1H3/b9-8+. The smallest absolute Gasteiger partial charge is 0.331 e. The molecule has 0 atom stereocenters. The second-order valence-corrected chi connectivity index (χ2v) is 3.93. The van der Waals surface area contributed by atoms with Crippen molar-refractivity contribution in [3.63, 3.8) is 0 Å². The quantitative estimate of drug-likeness (QED) is 0.609. The van der Waals surface area contributed by atoms with E-state index in [1.54, 1.807) is 24.5 Å². The fraction of sp³-hybridized carbons (Fsp3) is 0.133. The summed E-state index contributed by atoms with van der Waals surface area (Å²) in [4.78, 5) is 11.4. The molecule has 18 heavy (non-hydrogen) atoms. The minimum atomic E-state index is -0.382. The van der Waals surface area contributed by atoms with Crippen LogP contribution in [0, 0.1) is 6.92 Å². The lowest BCUT2D eigenvalue weighted by molar-refractivity contribution is -0.139. The minimum absolute atomic E-state index is 0.157. The van der Waals surface area contributed by atoms with Gasteiger partial charge in [0, 0.05) is 6.08 Å². The summed E-state index contributed by atoms with van der Waals surface area (Å²) in [5, 5.41) is 0. The van der Waals surface area contributed by atoms with Gasteiger partial charge in [-0.15, -0.1) is 0 Å². The normalized spacial score (nSPS) is 10.7. The molecule has 0 aliphatic rings. The maximum absolute atomic E-state index is 11.4. The number of carbonyl (C=O) groups excluding carboxylic acids is 1. The van der Waals surface area contributed by atoms with Crippen LogP contribution in [0.3, 0.4) is 0 Å². The lowest BCUT2D eigenvalue weighted by Crippen LogP contribution is -1.99. The summed E-state index contributed by atoms with van der Waals surface area (Å²) in [6.45, 7) is 2.18. The number of furan rings is 1. The van der Waals surface area contributed by atoms with Crippen molar-refractivity contribution in [2.45, 2.75) is 13.5 Å². The molecule has 0 saturated heterocycles. The van der Waals surface area contributed by atoms with Crippen LogP contribution in [0.1, 0.15) is 16.9 Å². The van der Waals surface area contributed by atoms with E-state index in [9.17, 15) is 4.79 Å². The summed E-state index contributed by atoms with van der Waals surface area (Å²) < 4.78 is 10.1. The number of aryl methyl sites for hydroxylation is 1. The van der Waals surface area contributed by atoms with Gasteiger partial charge >= 0.3 is 5.97 Å². The van der Waals surface area contributed by atoms with Gasteiger partial charge in [0.15, 0.2) is 0 Å². The van der Waals surface area contributed by atoms with Crippen LogP contribution < -0.4 is 0 Å². The first kappa shape index (κ1) is 12.2. The van der Waals surface area contributed by atoms with Crippen molar-refractivity contribution in [3.8, 4) is 0 Å². The number of ether oxygens (including phenoxy) is 1. The first-order chi connectivity index (χ1) is 8.74. The van der Waals surface area contributed by atoms with Gasteiger partial charge in [0.2, 0.25) is 0 Å². The van der Waals surface area contributed by atoms with Crippen LogP contribution in [0.2, 0.25) is 0 Å². The van der Waals surface area contributed by atoms with Crippen LogP contribution in [0.5, 0.6) is 0 Å². The monoisotopic (exact) mass is 242 g/mol. The predicted octanol–water partition coefficient (Wildman–Crippen LogP) is 3.34. The van der Waals surface area contributed by atoms with Crippen molar-refractivity contribution in [1.29, 1.82) is 0 Å². The number of rotatable bonds is 4. The van der Waals surface area contributed by atoms with E-state index in [1.165, 1.54) is 11.6 Å². The van der Waals surface area contributed by atoms with Crippen molar-refractivity contribution in [2.24, 2.45) is 0 Å². The number of benzene rings is 1. The van der Waals surface area contributed by atoms with Gasteiger partial charge < -0.3 is 9.15 Å². The van der Waals surface area contributed by atoms with Crippen molar-refractivity contribution in [3.05, 3.63) is 65.6 Å². The van der Waals surface area contributed by atoms with E-state index in [1.807, 2.05) is 31.2 Å². The summed E-state index contributed by atoms with van der Waals surface area (Å²) in [5.74, 6) is 0.249. The van der Waals surface area contributed by atoms with Gasteiger partial charge in [-0.1, -0.05) is 29.8 Å². The van der Waals surface area contributed by atoms with E-state index >= 15 is 0 Å². The molecule has 0 aliphatic heterocycles. The molecule has 3 heteroatoms. The molecule has 0 aliphatic carbocycles. The SMILES string of the molecule is Cc1ccc(/C=C/C(=O)OCc2ccco2)cc1. The van der Waals surface area contributed by atoms with Crippen molar-refractivity contribution in [2.75, 3.05) is 0 Å². The van der Waals surface area contributed by atoms with E-state index in [0.29, 0.717) is 5.76 Å². The zero-order chi connectivity index (χ0) is 12.8. The Balaban J connectivity index is 1.85. The highest BCUT2D eigenvalue weighted by Gasteiger charge is 2.00. The van der Waals surface area contributed by atoms with Crippen molar-refractivity contribution >= 4 is 12.0 Å². The van der Waals surface area contributed by atoms with Gasteiger partial charge in [-0.2, -0.15) is 0 Å². The molecule has 3 nitrogen and oxygen atoms in total. The average molecular weight is 242 g/mol. The zero-order valence-corrected chi connectivity index (χ0v) is 10.1. The molecule has 2 rings (SSSR count). The average Bonchev–Trinajstić information content (AvgIpc) is 2.89. The molecule has 2 aromatic rings. The molecular formula is C15H14O3. The largest absolute Gasteiger partial charge is 0.466 e. The highest BCUT2D eigenvalue weighted by atomic mass is 16.5. The Morgan fingerprint density at radius 3 is 2.72 bits per heavy atom. The van der Waals surface area contributed by atoms with Gasteiger partial charge in [-0.3, -0.25) is 0 Å². The molecule has 0 radical (unpaired) electrons. The fourth-order valence-electron chi connectivity index (χ4n) is 1.43. The summed E-state index contributed by atoms with van der Waals surface area (Å²) in [5.41, 5.74) is 2.16. The summed E-state index contributed by atoms with van der Waals surface area (Å²) >= 11 is 0. The van der Waals surface area contributed by atoms with Crippen LogP contribution in [0.25, 0.3) is 6.08 Å². The van der Waals surface area contributed by atoms with Crippen LogP contribution in [-0.2, 0) is 16.1 Å². The third-order valence-corrected chi connectivity index (χ3v) is 2.43. The molecule has 0 spiro atoms. The number of hydrogen-bond donors (Lipinski definition) is 0. The maximum atomic E-state index is 11.4. The van der Waals surface area contributed by atoms with Crippen molar-refractivity contribution < 1.29 is 13.9 Å². The fourth-order valence-corrected chi connectivity index (χ4v) is 1.43. The Bertz CT molecular complexity index is 521. The first-order valence-electron chi connectivity index (χ1n) is 5.68. The van der Waals surface area contributed by atoms with Gasteiger partial charge in [-0.25, -0.2) is 4.79 Å². The lowest BCUT2D eigenvalue weighted by Gasteiger charge is -1.98.